The van der Waals surface area contributed by atoms with Crippen molar-refractivity contribution < 1.29 is 9.66 Å². The minimum absolute atomic E-state index is 0.0473. The maximum absolute atomic E-state index is 10.7. The molecule has 0 aromatic carbocycles. The number of rotatable bonds is 3. The lowest BCUT2D eigenvalue weighted by Crippen LogP contribution is -2.12. The van der Waals surface area contributed by atoms with Crippen molar-refractivity contribution >= 4 is 5.82 Å². The van der Waals surface area contributed by atoms with E-state index in [0.717, 1.165) is 6.42 Å². The molecule has 19 heavy (non-hydrogen) atoms. The second-order valence-electron chi connectivity index (χ2n) is 4.10. The molecule has 98 valence electrons. The van der Waals surface area contributed by atoms with Gasteiger partial charge in [0.15, 0.2) is 0 Å². The number of pyridine rings is 1. The molecule has 2 aromatic heterocycles. The highest BCUT2D eigenvalue weighted by molar-refractivity contribution is 5.50. The molecular formula is C10H10N6O3. The minimum Gasteiger partial charge on any atom is -0.379 e. The van der Waals surface area contributed by atoms with E-state index in [1.807, 2.05) is 0 Å². The van der Waals surface area contributed by atoms with Crippen LogP contribution in [0.15, 0.2) is 18.2 Å². The quantitative estimate of drug-likeness (QED) is 0.588. The Morgan fingerprint density at radius 3 is 3.11 bits per heavy atom. The van der Waals surface area contributed by atoms with E-state index in [4.69, 9.17) is 4.74 Å². The lowest BCUT2D eigenvalue weighted by atomic mass is 10.2. The Bertz CT molecular complexity index is 607. The molecule has 1 aliphatic rings. The van der Waals surface area contributed by atoms with Gasteiger partial charge in [0, 0.05) is 12.7 Å². The van der Waals surface area contributed by atoms with Crippen molar-refractivity contribution in [2.24, 2.45) is 0 Å². The maximum atomic E-state index is 10.7. The van der Waals surface area contributed by atoms with E-state index in [0.29, 0.717) is 24.7 Å². The second kappa shape index (κ2) is 4.69. The van der Waals surface area contributed by atoms with Crippen LogP contribution in [0.2, 0.25) is 0 Å². The van der Waals surface area contributed by atoms with Gasteiger partial charge in [-0.1, -0.05) is 0 Å². The van der Waals surface area contributed by atoms with Crippen LogP contribution in [0.1, 0.15) is 12.5 Å². The smallest absolute Gasteiger partial charge is 0.364 e. The molecule has 3 heterocycles. The molecule has 9 heteroatoms. The Labute approximate surface area is 107 Å². The number of nitro groups is 1. The fraction of sp³-hybridized carbons (Fsp3) is 0.400. The van der Waals surface area contributed by atoms with E-state index in [1.165, 1.54) is 6.07 Å². The lowest BCUT2D eigenvalue weighted by Gasteiger charge is -2.07. The summed E-state index contributed by atoms with van der Waals surface area (Å²) in [6.07, 6.45) is 0.812. The molecule has 0 spiro atoms. The third-order valence-electron chi connectivity index (χ3n) is 2.89. The Morgan fingerprint density at radius 1 is 1.47 bits per heavy atom. The van der Waals surface area contributed by atoms with Crippen LogP contribution in [0, 0.1) is 10.1 Å². The monoisotopic (exact) mass is 262 g/mol. The largest absolute Gasteiger partial charge is 0.379 e. The number of hydrogen-bond acceptors (Lipinski definition) is 7. The van der Waals surface area contributed by atoms with Crippen molar-refractivity contribution in [1.29, 1.82) is 0 Å². The van der Waals surface area contributed by atoms with Crippen molar-refractivity contribution in [3.8, 4) is 11.5 Å². The number of hydrogen-bond donors (Lipinski definition) is 0. The normalized spacial score (nSPS) is 18.6. The van der Waals surface area contributed by atoms with Gasteiger partial charge in [-0.2, -0.15) is 0 Å². The molecule has 1 fully saturated rings. The van der Waals surface area contributed by atoms with E-state index in [1.54, 1.807) is 16.8 Å². The van der Waals surface area contributed by atoms with Gasteiger partial charge >= 0.3 is 5.82 Å². The van der Waals surface area contributed by atoms with Crippen LogP contribution in [0.3, 0.4) is 0 Å². The average Bonchev–Trinajstić information content (AvgIpc) is 3.09. The zero-order valence-corrected chi connectivity index (χ0v) is 9.84. The summed E-state index contributed by atoms with van der Waals surface area (Å²) in [5, 5.41) is 22.2. The first-order chi connectivity index (χ1) is 9.25. The molecule has 2 aromatic rings. The predicted molar refractivity (Wildman–Crippen MR) is 62.2 cm³/mol. The SMILES string of the molecule is O=[N+]([O-])c1cccc(-c2nnnn2[C@@H]2CCOC2)n1. The van der Waals surface area contributed by atoms with Crippen LogP contribution in [0.25, 0.3) is 11.5 Å². The van der Waals surface area contributed by atoms with Crippen molar-refractivity contribution in [2.45, 2.75) is 12.5 Å². The summed E-state index contributed by atoms with van der Waals surface area (Å²) in [5.74, 6) is 0.189. The van der Waals surface area contributed by atoms with Gasteiger partial charge in [-0.25, -0.2) is 4.68 Å². The molecule has 0 unspecified atom stereocenters. The summed E-state index contributed by atoms with van der Waals surface area (Å²) in [6, 6.07) is 4.58. The zero-order chi connectivity index (χ0) is 13.2. The molecule has 0 N–H and O–H groups in total. The first-order valence-electron chi connectivity index (χ1n) is 5.73. The van der Waals surface area contributed by atoms with E-state index in [9.17, 15) is 10.1 Å². The van der Waals surface area contributed by atoms with E-state index >= 15 is 0 Å². The van der Waals surface area contributed by atoms with Crippen molar-refractivity contribution in [3.63, 3.8) is 0 Å². The highest BCUT2D eigenvalue weighted by atomic mass is 16.6. The highest BCUT2D eigenvalue weighted by Gasteiger charge is 2.25. The molecule has 0 radical (unpaired) electrons. The van der Waals surface area contributed by atoms with E-state index in [2.05, 4.69) is 20.5 Å². The van der Waals surface area contributed by atoms with Gasteiger partial charge in [0.05, 0.1) is 12.6 Å². The standard InChI is InChI=1S/C10H10N6O3/c17-16(18)9-3-1-2-8(11-9)10-12-13-14-15(10)7-4-5-19-6-7/h1-3,7H,4-6H2/t7-/m1/s1. The van der Waals surface area contributed by atoms with Crippen molar-refractivity contribution in [3.05, 3.63) is 28.3 Å². The van der Waals surface area contributed by atoms with E-state index < -0.39 is 4.92 Å². The predicted octanol–water partition coefficient (Wildman–Crippen LogP) is 0.605. The summed E-state index contributed by atoms with van der Waals surface area (Å²) in [7, 11) is 0. The Hall–Kier alpha value is -2.42. The van der Waals surface area contributed by atoms with Gasteiger partial charge in [-0.05, 0) is 38.9 Å². The molecule has 1 atom stereocenters. The Morgan fingerprint density at radius 2 is 2.37 bits per heavy atom. The third kappa shape index (κ3) is 2.15. The van der Waals surface area contributed by atoms with Crippen LogP contribution in [-0.2, 0) is 4.74 Å². The van der Waals surface area contributed by atoms with Crippen LogP contribution in [0.5, 0.6) is 0 Å². The first-order valence-corrected chi connectivity index (χ1v) is 5.73. The minimum atomic E-state index is -0.545. The van der Waals surface area contributed by atoms with Crippen LogP contribution >= 0.6 is 0 Å². The van der Waals surface area contributed by atoms with Crippen molar-refractivity contribution in [2.75, 3.05) is 13.2 Å². The molecule has 0 amide bonds. The summed E-state index contributed by atoms with van der Waals surface area (Å²) in [5.41, 5.74) is 0.381. The third-order valence-corrected chi connectivity index (χ3v) is 2.89. The number of ether oxygens (including phenoxy) is 1. The van der Waals surface area contributed by atoms with Gasteiger partial charge in [0.2, 0.25) is 11.5 Å². The van der Waals surface area contributed by atoms with Gasteiger partial charge < -0.3 is 14.9 Å². The maximum Gasteiger partial charge on any atom is 0.364 e. The number of nitrogens with zero attached hydrogens (tertiary/aromatic N) is 6. The van der Waals surface area contributed by atoms with Gasteiger partial charge in [-0.3, -0.25) is 0 Å². The average molecular weight is 262 g/mol. The van der Waals surface area contributed by atoms with Crippen LogP contribution in [-0.4, -0.2) is 43.3 Å². The molecule has 0 saturated carbocycles. The van der Waals surface area contributed by atoms with Gasteiger partial charge in [0.25, 0.3) is 0 Å². The molecule has 0 aliphatic carbocycles. The number of aromatic nitrogens is 5. The fourth-order valence-corrected chi connectivity index (χ4v) is 1.97. The summed E-state index contributed by atoms with van der Waals surface area (Å²) in [4.78, 5) is 14.1. The molecule has 9 nitrogen and oxygen atoms in total. The number of tetrazole rings is 1. The Balaban J connectivity index is 2.00. The Kier molecular flexibility index (Phi) is 2.88. The van der Waals surface area contributed by atoms with Crippen LogP contribution in [0.4, 0.5) is 5.82 Å². The zero-order valence-electron chi connectivity index (χ0n) is 9.84. The first kappa shape index (κ1) is 11.7. The molecule has 3 rings (SSSR count). The van der Waals surface area contributed by atoms with Gasteiger partial charge in [-0.15, -0.1) is 5.10 Å². The van der Waals surface area contributed by atoms with Gasteiger partial charge in [0.1, 0.15) is 0 Å². The van der Waals surface area contributed by atoms with Crippen molar-refractivity contribution in [1.82, 2.24) is 25.2 Å². The second-order valence-corrected chi connectivity index (χ2v) is 4.10. The molecule has 1 saturated heterocycles. The highest BCUT2D eigenvalue weighted by Crippen LogP contribution is 2.24. The molecular weight excluding hydrogens is 252 g/mol. The summed E-state index contributed by atoms with van der Waals surface area (Å²) in [6.45, 7) is 1.19. The fourth-order valence-electron chi connectivity index (χ4n) is 1.97. The summed E-state index contributed by atoms with van der Waals surface area (Å²) >= 11 is 0. The topological polar surface area (TPSA) is 109 Å². The van der Waals surface area contributed by atoms with Crippen LogP contribution < -0.4 is 0 Å². The van der Waals surface area contributed by atoms with E-state index in [-0.39, 0.29) is 11.9 Å². The molecule has 1 aliphatic heterocycles. The summed E-state index contributed by atoms with van der Waals surface area (Å²) < 4.78 is 6.90. The molecule has 0 bridgehead atoms. The lowest BCUT2D eigenvalue weighted by molar-refractivity contribution is -0.389.